The van der Waals surface area contributed by atoms with Crippen molar-refractivity contribution < 1.29 is 17.5 Å². The second-order valence-electron chi connectivity index (χ2n) is 4.77. The van der Waals surface area contributed by atoms with Gasteiger partial charge >= 0.3 is 0 Å². The molecule has 4 nitrogen and oxygen atoms in total. The van der Waals surface area contributed by atoms with Crippen LogP contribution in [0.4, 0.5) is 4.39 Å². The van der Waals surface area contributed by atoms with Gasteiger partial charge in [0, 0.05) is 23.9 Å². The molecule has 0 aliphatic carbocycles. The molecule has 0 aliphatic rings. The van der Waals surface area contributed by atoms with Gasteiger partial charge in [-0.05, 0) is 32.0 Å². The molecule has 0 amide bonds. The minimum absolute atomic E-state index is 0.0367. The number of rotatable bonds is 6. The lowest BCUT2D eigenvalue weighted by Gasteiger charge is -2.21. The summed E-state index contributed by atoms with van der Waals surface area (Å²) in [4.78, 5) is 0. The molecule has 0 saturated heterocycles. The predicted molar refractivity (Wildman–Crippen MR) is 73.7 cm³/mol. The fourth-order valence-corrected chi connectivity index (χ4v) is 3.07. The van der Waals surface area contributed by atoms with E-state index in [-0.39, 0.29) is 23.7 Å². The third kappa shape index (κ3) is 5.16. The average Bonchev–Trinajstić information content (AvgIpc) is 2.26. The van der Waals surface area contributed by atoms with Gasteiger partial charge < -0.3 is 10.1 Å². The van der Waals surface area contributed by atoms with Crippen molar-refractivity contribution in [2.24, 2.45) is 0 Å². The Labute approximate surface area is 113 Å². The number of sulfone groups is 1. The smallest absolute Gasteiger partial charge is 0.148 e. The average molecular weight is 289 g/mol. The highest BCUT2D eigenvalue weighted by Crippen LogP contribution is 2.26. The van der Waals surface area contributed by atoms with E-state index >= 15 is 0 Å². The van der Waals surface area contributed by atoms with E-state index in [1.165, 1.54) is 25.5 Å². The van der Waals surface area contributed by atoms with Gasteiger partial charge in [-0.25, -0.2) is 12.8 Å². The van der Waals surface area contributed by atoms with Crippen LogP contribution in [0.1, 0.15) is 25.5 Å². The summed E-state index contributed by atoms with van der Waals surface area (Å²) in [5.74, 6) is 0.266. The molecule has 0 saturated carbocycles. The summed E-state index contributed by atoms with van der Waals surface area (Å²) >= 11 is 0. The Balaban J connectivity index is 2.83. The first-order valence-electron chi connectivity index (χ1n) is 6.00. The third-order valence-corrected chi connectivity index (χ3v) is 3.85. The molecule has 108 valence electrons. The van der Waals surface area contributed by atoms with Crippen molar-refractivity contribution in [3.8, 4) is 5.75 Å². The standard InChI is InChI=1S/C13H20FNO3S/c1-9(8-19(4,16)17)15-10(2)12-7-11(14)5-6-13(12)18-3/h5-7,9-10,15H,8H2,1-4H3. The summed E-state index contributed by atoms with van der Waals surface area (Å²) in [5.41, 5.74) is 0.669. The number of nitrogens with one attached hydrogen (secondary N) is 1. The summed E-state index contributed by atoms with van der Waals surface area (Å²) in [6.45, 7) is 3.62. The van der Waals surface area contributed by atoms with Crippen molar-refractivity contribution in [1.82, 2.24) is 5.32 Å². The second-order valence-corrected chi connectivity index (χ2v) is 6.95. The Morgan fingerprint density at radius 1 is 1.37 bits per heavy atom. The van der Waals surface area contributed by atoms with Gasteiger partial charge in [0.1, 0.15) is 21.4 Å². The van der Waals surface area contributed by atoms with Crippen LogP contribution in [-0.2, 0) is 9.84 Å². The minimum Gasteiger partial charge on any atom is -0.496 e. The van der Waals surface area contributed by atoms with E-state index in [4.69, 9.17) is 4.74 Å². The van der Waals surface area contributed by atoms with Crippen LogP contribution in [0.25, 0.3) is 0 Å². The van der Waals surface area contributed by atoms with E-state index in [0.29, 0.717) is 11.3 Å². The van der Waals surface area contributed by atoms with Crippen LogP contribution >= 0.6 is 0 Å². The fourth-order valence-electron chi connectivity index (χ4n) is 2.06. The van der Waals surface area contributed by atoms with Crippen molar-refractivity contribution in [2.75, 3.05) is 19.1 Å². The van der Waals surface area contributed by atoms with Crippen LogP contribution in [-0.4, -0.2) is 33.6 Å². The van der Waals surface area contributed by atoms with Gasteiger partial charge in [0.15, 0.2) is 0 Å². The Morgan fingerprint density at radius 3 is 2.53 bits per heavy atom. The second kappa shape index (κ2) is 6.34. The number of benzene rings is 1. The molecule has 0 aliphatic heterocycles. The Hall–Kier alpha value is -1.14. The van der Waals surface area contributed by atoms with Gasteiger partial charge in [0.2, 0.25) is 0 Å². The molecule has 2 atom stereocenters. The molecule has 1 rings (SSSR count). The van der Waals surface area contributed by atoms with Crippen molar-refractivity contribution >= 4 is 9.84 Å². The SMILES string of the molecule is COc1ccc(F)cc1C(C)NC(C)CS(C)(=O)=O. The maximum atomic E-state index is 13.3. The number of hydrogen-bond donors (Lipinski definition) is 1. The molecule has 0 aromatic heterocycles. The normalized spacial score (nSPS) is 15.0. The molecule has 2 unspecified atom stereocenters. The summed E-state index contributed by atoms with van der Waals surface area (Å²) in [5, 5.41) is 3.13. The molecule has 1 aromatic carbocycles. The van der Waals surface area contributed by atoms with Crippen LogP contribution in [0.2, 0.25) is 0 Å². The van der Waals surface area contributed by atoms with E-state index in [2.05, 4.69) is 5.32 Å². The lowest BCUT2D eigenvalue weighted by Crippen LogP contribution is -2.34. The quantitative estimate of drug-likeness (QED) is 0.869. The van der Waals surface area contributed by atoms with E-state index in [1.54, 1.807) is 13.0 Å². The zero-order valence-electron chi connectivity index (χ0n) is 11.6. The zero-order valence-corrected chi connectivity index (χ0v) is 12.4. The van der Waals surface area contributed by atoms with E-state index in [0.717, 1.165) is 0 Å². The molecule has 6 heteroatoms. The molecular weight excluding hydrogens is 269 g/mol. The van der Waals surface area contributed by atoms with Gasteiger partial charge in [0.05, 0.1) is 12.9 Å². The zero-order chi connectivity index (χ0) is 14.6. The maximum absolute atomic E-state index is 13.3. The highest BCUT2D eigenvalue weighted by molar-refractivity contribution is 7.90. The molecule has 1 N–H and O–H groups in total. The number of hydrogen-bond acceptors (Lipinski definition) is 4. The molecule has 0 spiro atoms. The molecule has 19 heavy (non-hydrogen) atoms. The topological polar surface area (TPSA) is 55.4 Å². The van der Waals surface area contributed by atoms with Crippen LogP contribution in [0.3, 0.4) is 0 Å². The number of methoxy groups -OCH3 is 1. The van der Waals surface area contributed by atoms with Crippen molar-refractivity contribution in [1.29, 1.82) is 0 Å². The van der Waals surface area contributed by atoms with Crippen molar-refractivity contribution in [3.63, 3.8) is 0 Å². The summed E-state index contributed by atoms with van der Waals surface area (Å²) in [6.07, 6.45) is 1.19. The molecule has 0 fully saturated rings. The lowest BCUT2D eigenvalue weighted by atomic mass is 10.1. The van der Waals surface area contributed by atoms with E-state index < -0.39 is 9.84 Å². The van der Waals surface area contributed by atoms with Crippen LogP contribution in [0.5, 0.6) is 5.75 Å². The molecule has 1 aromatic rings. The Morgan fingerprint density at radius 2 is 2.00 bits per heavy atom. The highest BCUT2D eigenvalue weighted by Gasteiger charge is 2.17. The third-order valence-electron chi connectivity index (χ3n) is 2.75. The summed E-state index contributed by atoms with van der Waals surface area (Å²) < 4.78 is 40.9. The molecule has 0 heterocycles. The molecule has 0 bridgehead atoms. The largest absolute Gasteiger partial charge is 0.496 e. The molecule has 0 radical (unpaired) electrons. The lowest BCUT2D eigenvalue weighted by molar-refractivity contribution is 0.396. The monoisotopic (exact) mass is 289 g/mol. The van der Waals surface area contributed by atoms with Crippen molar-refractivity contribution in [2.45, 2.75) is 25.9 Å². The summed E-state index contributed by atoms with van der Waals surface area (Å²) in [6, 6.07) is 3.85. The minimum atomic E-state index is -3.04. The fraction of sp³-hybridized carbons (Fsp3) is 0.538. The van der Waals surface area contributed by atoms with Crippen molar-refractivity contribution in [3.05, 3.63) is 29.6 Å². The van der Waals surface area contributed by atoms with Gasteiger partial charge in [0.25, 0.3) is 0 Å². The van der Waals surface area contributed by atoms with Crippen LogP contribution < -0.4 is 10.1 Å². The first-order chi connectivity index (χ1) is 8.73. The summed E-state index contributed by atoms with van der Waals surface area (Å²) in [7, 11) is -1.53. The van der Waals surface area contributed by atoms with E-state index in [1.807, 2.05) is 6.92 Å². The van der Waals surface area contributed by atoms with Gasteiger partial charge in [-0.1, -0.05) is 0 Å². The maximum Gasteiger partial charge on any atom is 0.148 e. The first-order valence-corrected chi connectivity index (χ1v) is 8.06. The predicted octanol–water partition coefficient (Wildman–Crippen LogP) is 1.92. The van der Waals surface area contributed by atoms with Gasteiger partial charge in [-0.3, -0.25) is 0 Å². The van der Waals surface area contributed by atoms with Gasteiger partial charge in [-0.15, -0.1) is 0 Å². The van der Waals surface area contributed by atoms with E-state index in [9.17, 15) is 12.8 Å². The highest BCUT2D eigenvalue weighted by atomic mass is 32.2. The van der Waals surface area contributed by atoms with Crippen LogP contribution in [0, 0.1) is 5.82 Å². The first kappa shape index (κ1) is 15.9. The molecular formula is C13H20FNO3S. The Bertz CT molecular complexity index is 531. The number of ether oxygens (including phenoxy) is 1. The van der Waals surface area contributed by atoms with Gasteiger partial charge in [-0.2, -0.15) is 0 Å². The van der Waals surface area contributed by atoms with Crippen LogP contribution in [0.15, 0.2) is 18.2 Å². The Kier molecular flexibility index (Phi) is 5.31. The number of halogens is 1.